The minimum atomic E-state index is -0.557. The molecule has 0 aliphatic heterocycles. The fourth-order valence-electron chi connectivity index (χ4n) is 8.36. The van der Waals surface area contributed by atoms with Crippen molar-refractivity contribution in [2.45, 2.75) is 34.6 Å². The van der Waals surface area contributed by atoms with Crippen LogP contribution in [0, 0.1) is 34.6 Å². The van der Waals surface area contributed by atoms with Crippen LogP contribution >= 0.6 is 0 Å². The van der Waals surface area contributed by atoms with Crippen molar-refractivity contribution in [3.05, 3.63) is 225 Å². The molecule has 9 rings (SSSR count). The Morgan fingerprint density at radius 3 is 1.20 bits per heavy atom. The van der Waals surface area contributed by atoms with Crippen molar-refractivity contribution < 1.29 is 9.59 Å². The summed E-state index contributed by atoms with van der Waals surface area (Å²) in [5.41, 5.74) is 11.5. The second-order valence-electron chi connectivity index (χ2n) is 16.9. The number of amides is 2. The molecule has 0 spiro atoms. The van der Waals surface area contributed by atoms with E-state index in [1.54, 1.807) is 30.3 Å². The number of benzene rings is 7. The Morgan fingerprint density at radius 2 is 0.788 bits per heavy atom. The molecular formula is C56H44N4O6. The number of aryl methyl sites for hydroxylation is 5. The first-order valence-electron chi connectivity index (χ1n) is 21.5. The maximum Gasteiger partial charge on any atom is 0.266 e. The highest BCUT2D eigenvalue weighted by molar-refractivity contribution is 6.06. The van der Waals surface area contributed by atoms with Crippen LogP contribution in [0.3, 0.4) is 0 Å². The van der Waals surface area contributed by atoms with Crippen LogP contribution in [0.4, 0.5) is 11.4 Å². The summed E-state index contributed by atoms with van der Waals surface area (Å²) in [7, 11) is 1.37. The largest absolute Gasteiger partial charge is 0.322 e. The molecule has 2 heterocycles. The Labute approximate surface area is 379 Å². The van der Waals surface area contributed by atoms with Gasteiger partial charge in [-0.1, -0.05) is 72.8 Å². The molecule has 324 valence electrons. The highest BCUT2D eigenvalue weighted by atomic mass is 16.2. The van der Waals surface area contributed by atoms with E-state index in [4.69, 9.17) is 0 Å². The van der Waals surface area contributed by atoms with Crippen LogP contribution in [0.5, 0.6) is 0 Å². The van der Waals surface area contributed by atoms with Crippen molar-refractivity contribution in [1.82, 2.24) is 9.13 Å². The summed E-state index contributed by atoms with van der Waals surface area (Å²) in [6.07, 6.45) is 3.90. The molecule has 0 aliphatic carbocycles. The molecule has 0 radical (unpaired) electrons. The van der Waals surface area contributed by atoms with Gasteiger partial charge in [0, 0.05) is 29.5 Å². The van der Waals surface area contributed by atoms with Gasteiger partial charge in [-0.3, -0.25) is 33.3 Å². The molecule has 7 aromatic carbocycles. The molecule has 0 atom stereocenters. The molecule has 2 amide bonds. The number of hydrogen-bond acceptors (Lipinski definition) is 6. The summed E-state index contributed by atoms with van der Waals surface area (Å²) in [6, 6.07) is 41.0. The second kappa shape index (κ2) is 16.9. The van der Waals surface area contributed by atoms with E-state index < -0.39 is 22.2 Å². The van der Waals surface area contributed by atoms with Crippen LogP contribution in [0.25, 0.3) is 61.6 Å². The van der Waals surface area contributed by atoms with E-state index in [0.717, 1.165) is 59.3 Å². The highest BCUT2D eigenvalue weighted by Gasteiger charge is 2.21. The maximum absolute atomic E-state index is 13.5. The van der Waals surface area contributed by atoms with E-state index in [9.17, 15) is 28.8 Å². The minimum absolute atomic E-state index is 0.0872. The monoisotopic (exact) mass is 868 g/mol. The molecule has 0 aliphatic rings. The lowest BCUT2D eigenvalue weighted by atomic mass is 9.98. The molecule has 66 heavy (non-hydrogen) atoms. The average Bonchev–Trinajstić information content (AvgIpc) is 3.68. The van der Waals surface area contributed by atoms with Gasteiger partial charge in [-0.25, -0.2) is 4.57 Å². The zero-order chi connectivity index (χ0) is 46.6. The number of anilines is 2. The fraction of sp³-hybridized carbons (Fsp3) is 0.107. The third kappa shape index (κ3) is 7.89. The number of nitrogens with one attached hydrogen (secondary N) is 2. The Morgan fingerprint density at radius 1 is 0.409 bits per heavy atom. The van der Waals surface area contributed by atoms with E-state index in [1.165, 1.54) is 30.3 Å². The van der Waals surface area contributed by atoms with Gasteiger partial charge in [0.1, 0.15) is 0 Å². The summed E-state index contributed by atoms with van der Waals surface area (Å²) in [6.45, 7) is 9.92. The Hall–Kier alpha value is -8.50. The van der Waals surface area contributed by atoms with Gasteiger partial charge in [-0.05, 0) is 169 Å². The Bertz CT molecular complexity index is 3640. The highest BCUT2D eigenvalue weighted by Crippen LogP contribution is 2.30. The topological polar surface area (TPSA) is 136 Å². The summed E-state index contributed by atoms with van der Waals surface area (Å²) >= 11 is 0. The first kappa shape index (κ1) is 42.8. The number of fused-ring (bicyclic) bond motifs is 2. The first-order chi connectivity index (χ1) is 31.6. The predicted molar refractivity (Wildman–Crippen MR) is 266 cm³/mol. The second-order valence-corrected chi connectivity index (χ2v) is 16.9. The summed E-state index contributed by atoms with van der Waals surface area (Å²) < 4.78 is 2.06. The number of carbonyl (C=O) groups is 2. The number of rotatable bonds is 9. The SMILES string of the molecule is Cc1ccc(-c2ccc(NC(=O)c3ccc(/C=C/c4ccc(C(=O)Nc5ccc(-c6ccc(-n7c(=O)c8cc9c(=O)n(C)c(=O)c9cc8c7=O)c(C)c6)cc5C)cc4)cc3)c(C)c2)cc1C. The van der Waals surface area contributed by atoms with Gasteiger partial charge < -0.3 is 10.6 Å². The van der Waals surface area contributed by atoms with Crippen LogP contribution in [-0.2, 0) is 7.05 Å². The number of aromatic nitrogens is 2. The molecule has 0 saturated heterocycles. The third-order valence-electron chi connectivity index (χ3n) is 12.5. The van der Waals surface area contributed by atoms with E-state index in [-0.39, 0.29) is 33.4 Å². The molecule has 10 nitrogen and oxygen atoms in total. The summed E-state index contributed by atoms with van der Waals surface area (Å²) in [5.74, 6) is -0.438. The molecule has 0 saturated carbocycles. The van der Waals surface area contributed by atoms with Gasteiger partial charge in [0.2, 0.25) is 0 Å². The zero-order valence-electron chi connectivity index (χ0n) is 37.2. The molecule has 2 aromatic heterocycles. The third-order valence-corrected chi connectivity index (χ3v) is 12.5. The lowest BCUT2D eigenvalue weighted by molar-refractivity contribution is 0.101. The molecule has 9 aromatic rings. The van der Waals surface area contributed by atoms with Gasteiger partial charge in [0.25, 0.3) is 34.1 Å². The smallest absolute Gasteiger partial charge is 0.266 e. The summed E-state index contributed by atoms with van der Waals surface area (Å²) in [4.78, 5) is 78.6. The minimum Gasteiger partial charge on any atom is -0.322 e. The molecular weight excluding hydrogens is 825 g/mol. The van der Waals surface area contributed by atoms with Crippen LogP contribution in [0.1, 0.15) is 59.7 Å². The van der Waals surface area contributed by atoms with Crippen molar-refractivity contribution in [2.75, 3.05) is 10.6 Å². The quantitative estimate of drug-likeness (QED) is 0.139. The van der Waals surface area contributed by atoms with E-state index in [1.807, 2.05) is 99.7 Å². The average molecular weight is 869 g/mol. The molecule has 0 bridgehead atoms. The molecule has 2 N–H and O–H groups in total. The van der Waals surface area contributed by atoms with Gasteiger partial charge in [-0.15, -0.1) is 0 Å². The van der Waals surface area contributed by atoms with Crippen molar-refractivity contribution in [2.24, 2.45) is 7.05 Å². The Kier molecular flexibility index (Phi) is 11.0. The zero-order valence-corrected chi connectivity index (χ0v) is 37.2. The van der Waals surface area contributed by atoms with Crippen LogP contribution in [0.2, 0.25) is 0 Å². The maximum atomic E-state index is 13.5. The lowest BCUT2D eigenvalue weighted by Gasteiger charge is -2.12. The van der Waals surface area contributed by atoms with Gasteiger partial charge in [0.15, 0.2) is 0 Å². The first-order valence-corrected chi connectivity index (χ1v) is 21.5. The van der Waals surface area contributed by atoms with Crippen molar-refractivity contribution in [1.29, 1.82) is 0 Å². The van der Waals surface area contributed by atoms with E-state index in [2.05, 4.69) is 48.7 Å². The van der Waals surface area contributed by atoms with Crippen LogP contribution in [0.15, 0.2) is 153 Å². The van der Waals surface area contributed by atoms with Crippen LogP contribution in [-0.4, -0.2) is 20.9 Å². The number of carbonyl (C=O) groups excluding carboxylic acids is 2. The molecule has 0 fully saturated rings. The van der Waals surface area contributed by atoms with Crippen molar-refractivity contribution in [3.8, 4) is 27.9 Å². The van der Waals surface area contributed by atoms with Gasteiger partial charge in [0.05, 0.1) is 27.2 Å². The van der Waals surface area contributed by atoms with E-state index in [0.29, 0.717) is 28.1 Å². The normalized spacial score (nSPS) is 11.5. The van der Waals surface area contributed by atoms with E-state index >= 15 is 0 Å². The lowest BCUT2D eigenvalue weighted by Crippen LogP contribution is -2.24. The van der Waals surface area contributed by atoms with Crippen molar-refractivity contribution in [3.63, 3.8) is 0 Å². The van der Waals surface area contributed by atoms with Gasteiger partial charge >= 0.3 is 0 Å². The standard InChI is InChI=1S/C56H44N4O6/c1-31-7-14-40(25-32(31)2)41-19-22-48(33(3)26-41)57-51(61)38-15-10-36(11-16-38)8-9-37-12-17-39(18-13-37)52(62)58-49-23-20-42(27-34(49)4)43-21-24-50(35(5)28-43)60-55(65)46-29-44-45(30-47(46)56(60)66)54(64)59(6)53(44)63/h7-30H,1-6H3,(H,57,61)(H,58,62)/b9-8+. The van der Waals surface area contributed by atoms with Crippen LogP contribution < -0.4 is 32.9 Å². The van der Waals surface area contributed by atoms with Gasteiger partial charge in [-0.2, -0.15) is 0 Å². The Balaban J connectivity index is 0.823. The van der Waals surface area contributed by atoms with Crippen molar-refractivity contribution >= 4 is 56.9 Å². The predicted octanol–water partition coefficient (Wildman–Crippen LogP) is 9.99. The number of nitrogens with zero attached hydrogens (tertiary/aromatic N) is 2. The number of hydrogen-bond donors (Lipinski definition) is 2. The molecule has 0 unspecified atom stereocenters. The summed E-state index contributed by atoms with van der Waals surface area (Å²) in [5, 5.41) is 6.45. The fourth-order valence-corrected chi connectivity index (χ4v) is 8.36. The molecule has 10 heteroatoms.